The number of aromatic hydroxyl groups is 1. The fourth-order valence-electron chi connectivity index (χ4n) is 6.09. The summed E-state index contributed by atoms with van der Waals surface area (Å²) in [6, 6.07) is 5.85. The predicted molar refractivity (Wildman–Crippen MR) is 160 cm³/mol. The second kappa shape index (κ2) is 12.3. The molecule has 0 radical (unpaired) electrons. The number of hydrogen-bond acceptors (Lipinski definition) is 9. The number of primary amides is 1. The van der Waals surface area contributed by atoms with Gasteiger partial charge in [0.1, 0.15) is 27.3 Å². The highest BCUT2D eigenvalue weighted by Crippen LogP contribution is 2.49. The molecule has 1 saturated heterocycles. The molecule has 3 aliphatic rings. The Bertz CT molecular complexity index is 1410. The summed E-state index contributed by atoms with van der Waals surface area (Å²) >= 11 is 6.95. The van der Waals surface area contributed by atoms with Crippen molar-refractivity contribution in [3.8, 4) is 22.8 Å². The number of phenols is 1. The van der Waals surface area contributed by atoms with E-state index in [2.05, 4.69) is 5.32 Å². The zero-order valence-electron chi connectivity index (χ0n) is 22.8. The van der Waals surface area contributed by atoms with Crippen molar-refractivity contribution >= 4 is 52.1 Å². The number of ether oxygens (including phenoxy) is 1. The molecule has 3 amide bonds. The Morgan fingerprint density at radius 1 is 1.29 bits per heavy atom. The zero-order valence-corrected chi connectivity index (χ0v) is 24.4. The molecule has 10 nitrogen and oxygen atoms in total. The molecule has 0 spiro atoms. The molecule has 4 atom stereocenters. The van der Waals surface area contributed by atoms with Gasteiger partial charge in [-0.2, -0.15) is 0 Å². The number of thioether (sulfide) groups is 1. The minimum absolute atomic E-state index is 0.0283. The van der Waals surface area contributed by atoms with Crippen LogP contribution in [-0.2, 0) is 20.8 Å². The summed E-state index contributed by atoms with van der Waals surface area (Å²) in [5.74, 6) is 1.52. The van der Waals surface area contributed by atoms with Crippen LogP contribution < -0.4 is 21.5 Å². The molecule has 2 bridgehead atoms. The van der Waals surface area contributed by atoms with E-state index in [4.69, 9.17) is 32.8 Å². The van der Waals surface area contributed by atoms with E-state index in [1.54, 1.807) is 18.2 Å². The fourth-order valence-corrected chi connectivity index (χ4v) is 7.43. The van der Waals surface area contributed by atoms with Crippen LogP contribution in [0.4, 0.5) is 0 Å². The van der Waals surface area contributed by atoms with Crippen LogP contribution in [0.15, 0.2) is 33.6 Å². The van der Waals surface area contributed by atoms with Gasteiger partial charge < -0.3 is 31.0 Å². The van der Waals surface area contributed by atoms with Gasteiger partial charge in [-0.15, -0.1) is 0 Å². The van der Waals surface area contributed by atoms with Crippen LogP contribution in [0, 0.1) is 11.8 Å². The summed E-state index contributed by atoms with van der Waals surface area (Å²) in [5.41, 5.74) is 12.3. The number of rotatable bonds is 11. The average molecular weight is 599 g/mol. The molecule has 218 valence electrons. The van der Waals surface area contributed by atoms with Gasteiger partial charge in [0.2, 0.25) is 11.8 Å². The molecule has 2 heterocycles. The van der Waals surface area contributed by atoms with E-state index >= 15 is 0 Å². The SMILES string of the molecule is COc1cc(O)cc(-c2cc(CCCNC(=O)[C@@H](N)CC(N)=O)c(/C=C3\SC(=S)N(C4CC5CCC4C5)C3=O)o2)c1. The van der Waals surface area contributed by atoms with Crippen LogP contribution in [0.1, 0.15) is 49.8 Å². The van der Waals surface area contributed by atoms with Gasteiger partial charge in [0.25, 0.3) is 5.91 Å². The lowest BCUT2D eigenvalue weighted by molar-refractivity contribution is -0.126. The Morgan fingerprint density at radius 3 is 2.78 bits per heavy atom. The summed E-state index contributed by atoms with van der Waals surface area (Å²) in [5, 5.41) is 12.9. The number of carbonyl (C=O) groups excluding carboxylic acids is 3. The predicted octanol–water partition coefficient (Wildman–Crippen LogP) is 3.30. The van der Waals surface area contributed by atoms with E-state index in [0.29, 0.717) is 63.3 Å². The number of aryl methyl sites for hydroxylation is 1. The van der Waals surface area contributed by atoms with Crippen LogP contribution in [0.25, 0.3) is 17.4 Å². The molecule has 2 aromatic rings. The number of fused-ring (bicyclic) bond motifs is 2. The molecule has 3 fully saturated rings. The number of nitrogens with zero attached hydrogens (tertiary/aromatic N) is 1. The summed E-state index contributed by atoms with van der Waals surface area (Å²) in [7, 11) is 1.51. The van der Waals surface area contributed by atoms with Crippen molar-refractivity contribution in [1.82, 2.24) is 10.2 Å². The number of carbonyl (C=O) groups is 3. The van der Waals surface area contributed by atoms with Gasteiger partial charge >= 0.3 is 0 Å². The number of amides is 3. The first-order valence-electron chi connectivity index (χ1n) is 13.7. The summed E-state index contributed by atoms with van der Waals surface area (Å²) in [6.45, 7) is 0.317. The third-order valence-corrected chi connectivity index (χ3v) is 9.38. The Balaban J connectivity index is 1.36. The lowest BCUT2D eigenvalue weighted by atomic mass is 9.94. The lowest BCUT2D eigenvalue weighted by Crippen LogP contribution is -2.43. The van der Waals surface area contributed by atoms with E-state index < -0.39 is 17.9 Å². The summed E-state index contributed by atoms with van der Waals surface area (Å²) in [4.78, 5) is 39.1. The van der Waals surface area contributed by atoms with Crippen LogP contribution in [0.2, 0.25) is 0 Å². The second-order valence-electron chi connectivity index (χ2n) is 10.9. The Morgan fingerprint density at radius 2 is 2.10 bits per heavy atom. The van der Waals surface area contributed by atoms with Crippen LogP contribution in [-0.4, -0.2) is 57.8 Å². The van der Waals surface area contributed by atoms with E-state index in [1.807, 2.05) is 11.0 Å². The van der Waals surface area contributed by atoms with Crippen LogP contribution in [0.3, 0.4) is 0 Å². The van der Waals surface area contributed by atoms with Crippen LogP contribution in [0.5, 0.6) is 11.5 Å². The first-order chi connectivity index (χ1) is 19.6. The maximum atomic E-state index is 13.5. The highest BCUT2D eigenvalue weighted by molar-refractivity contribution is 8.26. The molecule has 12 heteroatoms. The normalized spacial score (nSPS) is 23.4. The van der Waals surface area contributed by atoms with Gasteiger partial charge in [-0.05, 0) is 67.7 Å². The van der Waals surface area contributed by atoms with Gasteiger partial charge in [0.05, 0.1) is 24.5 Å². The maximum absolute atomic E-state index is 13.5. The maximum Gasteiger partial charge on any atom is 0.266 e. The third kappa shape index (κ3) is 6.44. The van der Waals surface area contributed by atoms with Gasteiger partial charge in [-0.1, -0.05) is 30.4 Å². The standard InChI is InChI=1S/C29H34N4O6S2/c1-38-20-10-18(9-19(34)12-20)23-11-17(3-2-6-32-27(36)21(30)13-26(31)35)24(39-23)14-25-28(37)33(29(40)41-25)22-8-15-4-5-16(22)7-15/h9-12,14-16,21-22,34H,2-8,13,30H2,1H3,(H2,31,35)(H,32,36)/b25-14-/t15?,16?,21-,22?/m0/s1. The Labute approximate surface area is 247 Å². The third-order valence-electron chi connectivity index (χ3n) is 8.05. The number of benzene rings is 1. The van der Waals surface area contributed by atoms with Crippen molar-refractivity contribution in [1.29, 1.82) is 0 Å². The fraction of sp³-hybridized carbons (Fsp3) is 0.448. The van der Waals surface area contributed by atoms with Gasteiger partial charge in [0.15, 0.2) is 0 Å². The second-order valence-corrected chi connectivity index (χ2v) is 12.6. The minimum Gasteiger partial charge on any atom is -0.508 e. The average Bonchev–Trinajstić information content (AvgIpc) is 3.70. The molecular weight excluding hydrogens is 564 g/mol. The largest absolute Gasteiger partial charge is 0.508 e. The van der Waals surface area contributed by atoms with Crippen molar-refractivity contribution in [2.45, 2.75) is 57.0 Å². The summed E-state index contributed by atoms with van der Waals surface area (Å²) < 4.78 is 12.1. The van der Waals surface area contributed by atoms with E-state index in [-0.39, 0.29) is 24.1 Å². The Kier molecular flexibility index (Phi) is 8.71. The van der Waals surface area contributed by atoms with E-state index in [9.17, 15) is 19.5 Å². The molecular formula is C29H34N4O6S2. The zero-order chi connectivity index (χ0) is 29.3. The summed E-state index contributed by atoms with van der Waals surface area (Å²) in [6.07, 6.45) is 7.14. The highest BCUT2D eigenvalue weighted by atomic mass is 32.2. The number of nitrogens with one attached hydrogen (secondary N) is 1. The number of phenolic OH excluding ortho intramolecular Hbond substituents is 1. The smallest absolute Gasteiger partial charge is 0.266 e. The molecule has 41 heavy (non-hydrogen) atoms. The molecule has 6 N–H and O–H groups in total. The number of hydrogen-bond donors (Lipinski definition) is 4. The van der Waals surface area contributed by atoms with E-state index in [1.165, 1.54) is 37.8 Å². The first kappa shape index (κ1) is 29.2. The molecule has 1 aliphatic heterocycles. The number of furan rings is 1. The molecule has 5 rings (SSSR count). The van der Waals surface area contributed by atoms with Gasteiger partial charge in [-0.3, -0.25) is 19.3 Å². The lowest BCUT2D eigenvalue weighted by Gasteiger charge is -2.30. The number of methoxy groups -OCH3 is 1. The Hall–Kier alpha value is -3.35. The molecule has 2 saturated carbocycles. The minimum atomic E-state index is -0.999. The van der Waals surface area contributed by atoms with Crippen molar-refractivity contribution in [3.63, 3.8) is 0 Å². The molecule has 1 aromatic carbocycles. The highest BCUT2D eigenvalue weighted by Gasteiger charge is 2.48. The monoisotopic (exact) mass is 598 g/mol. The first-order valence-corrected chi connectivity index (χ1v) is 14.9. The quantitative estimate of drug-likeness (QED) is 0.173. The molecule has 1 aromatic heterocycles. The van der Waals surface area contributed by atoms with Crippen molar-refractivity contribution in [3.05, 3.63) is 40.5 Å². The van der Waals surface area contributed by atoms with Gasteiger partial charge in [0, 0.05) is 30.3 Å². The van der Waals surface area contributed by atoms with Crippen molar-refractivity contribution < 1.29 is 28.6 Å². The molecule has 3 unspecified atom stereocenters. The number of thiocarbonyl (C=S) groups is 1. The topological polar surface area (TPSA) is 161 Å². The van der Waals surface area contributed by atoms with E-state index in [0.717, 1.165) is 18.4 Å². The van der Waals surface area contributed by atoms with Crippen molar-refractivity contribution in [2.75, 3.05) is 13.7 Å². The van der Waals surface area contributed by atoms with Gasteiger partial charge in [-0.25, -0.2) is 0 Å². The van der Waals surface area contributed by atoms with Crippen molar-refractivity contribution in [2.24, 2.45) is 23.3 Å². The van der Waals surface area contributed by atoms with Crippen LogP contribution >= 0.6 is 24.0 Å². The molecule has 2 aliphatic carbocycles. The number of nitrogens with two attached hydrogens (primary N) is 2.